The lowest BCUT2D eigenvalue weighted by atomic mass is 10.2. The molecule has 4 rings (SSSR count). The van der Waals surface area contributed by atoms with Crippen LogP contribution in [0.4, 0.5) is 0 Å². The molecule has 1 N–H and O–H groups in total. The molecule has 0 bridgehead atoms. The molecule has 0 unspecified atom stereocenters. The van der Waals surface area contributed by atoms with Gasteiger partial charge in [-0.05, 0) is 64.3 Å². The van der Waals surface area contributed by atoms with E-state index in [9.17, 15) is 4.79 Å². The van der Waals surface area contributed by atoms with E-state index in [1.165, 1.54) is 5.56 Å². The lowest BCUT2D eigenvalue weighted by Crippen LogP contribution is -2.16. The van der Waals surface area contributed by atoms with Crippen molar-refractivity contribution in [3.05, 3.63) is 99.7 Å². The Morgan fingerprint density at radius 1 is 1.10 bits per heavy atom. The van der Waals surface area contributed by atoms with Crippen LogP contribution in [0.25, 0.3) is 11.0 Å². The number of hydrogen-bond donors (Lipinski definition) is 1. The van der Waals surface area contributed by atoms with Crippen molar-refractivity contribution in [2.45, 2.75) is 13.5 Å². The van der Waals surface area contributed by atoms with E-state index in [0.717, 1.165) is 26.7 Å². The highest BCUT2D eigenvalue weighted by atomic mass is 79.9. The van der Waals surface area contributed by atoms with Gasteiger partial charge in [0.05, 0.1) is 10.7 Å². The Morgan fingerprint density at radius 2 is 1.90 bits per heavy atom. The van der Waals surface area contributed by atoms with Crippen molar-refractivity contribution in [1.82, 2.24) is 5.43 Å². The van der Waals surface area contributed by atoms with Crippen molar-refractivity contribution in [2.75, 3.05) is 0 Å². The fraction of sp³-hybridized carbons (Fsp3) is 0.0833. The molecule has 0 atom stereocenters. The Morgan fingerprint density at radius 3 is 2.67 bits per heavy atom. The summed E-state index contributed by atoms with van der Waals surface area (Å²) in [5.74, 6) is 0.549. The smallest absolute Gasteiger partial charge is 0.307 e. The molecule has 0 saturated carbocycles. The molecule has 3 aromatic carbocycles. The maximum atomic E-state index is 12.2. The second kappa shape index (κ2) is 8.97. The molecule has 30 heavy (non-hydrogen) atoms. The zero-order valence-electron chi connectivity index (χ0n) is 16.3. The van der Waals surface area contributed by atoms with Gasteiger partial charge in [0.15, 0.2) is 5.76 Å². The molecule has 0 fully saturated rings. The highest BCUT2D eigenvalue weighted by Gasteiger charge is 2.11. The van der Waals surface area contributed by atoms with E-state index in [1.54, 1.807) is 12.3 Å². The van der Waals surface area contributed by atoms with Gasteiger partial charge < -0.3 is 9.15 Å². The molecular weight excluding hydrogens is 444 g/mol. The van der Waals surface area contributed by atoms with E-state index in [1.807, 2.05) is 42.5 Å². The van der Waals surface area contributed by atoms with Gasteiger partial charge in [0.1, 0.15) is 17.9 Å². The zero-order chi connectivity index (χ0) is 20.9. The number of para-hydroxylation sites is 1. The molecule has 150 valence electrons. The standard InChI is InChI=1S/C24H19BrN2O3/c1-16-6-8-17(9-7-16)15-29-22-11-10-18(12-20(22)25)14-26-27-24(28)23-13-19-4-2-3-5-21(19)30-23/h2-14H,15H2,1H3,(H,27,28)/b26-14+. The monoisotopic (exact) mass is 462 g/mol. The molecule has 1 aromatic heterocycles. The average molecular weight is 463 g/mol. The summed E-state index contributed by atoms with van der Waals surface area (Å²) in [4.78, 5) is 12.2. The van der Waals surface area contributed by atoms with Crippen LogP contribution in [-0.4, -0.2) is 12.1 Å². The Hall–Kier alpha value is -3.38. The predicted molar refractivity (Wildman–Crippen MR) is 121 cm³/mol. The number of halogens is 1. The number of nitrogens with zero attached hydrogens (tertiary/aromatic N) is 1. The first kappa shape index (κ1) is 19.9. The quantitative estimate of drug-likeness (QED) is 0.288. The highest BCUT2D eigenvalue weighted by molar-refractivity contribution is 9.10. The van der Waals surface area contributed by atoms with Gasteiger partial charge in [0, 0.05) is 5.39 Å². The number of hydrazone groups is 1. The van der Waals surface area contributed by atoms with E-state index in [0.29, 0.717) is 12.2 Å². The van der Waals surface area contributed by atoms with Crippen molar-refractivity contribution in [3.8, 4) is 5.75 Å². The third-order valence-electron chi connectivity index (χ3n) is 4.50. The lowest BCUT2D eigenvalue weighted by Gasteiger charge is -2.09. The third kappa shape index (κ3) is 4.78. The third-order valence-corrected chi connectivity index (χ3v) is 5.12. The van der Waals surface area contributed by atoms with Gasteiger partial charge in [0.2, 0.25) is 0 Å². The Bertz CT molecular complexity index is 1180. The van der Waals surface area contributed by atoms with Gasteiger partial charge in [-0.1, -0.05) is 48.0 Å². The Labute approximate surface area is 182 Å². The molecule has 1 heterocycles. The maximum absolute atomic E-state index is 12.2. The van der Waals surface area contributed by atoms with Gasteiger partial charge in [-0.25, -0.2) is 5.43 Å². The minimum atomic E-state index is -0.403. The fourth-order valence-electron chi connectivity index (χ4n) is 2.87. The number of hydrogen-bond acceptors (Lipinski definition) is 4. The molecule has 0 spiro atoms. The van der Waals surface area contributed by atoms with Crippen LogP contribution in [0, 0.1) is 6.92 Å². The topological polar surface area (TPSA) is 63.8 Å². The van der Waals surface area contributed by atoms with E-state index in [2.05, 4.69) is 57.6 Å². The van der Waals surface area contributed by atoms with Gasteiger partial charge in [-0.3, -0.25) is 4.79 Å². The fourth-order valence-corrected chi connectivity index (χ4v) is 3.39. The van der Waals surface area contributed by atoms with Crippen molar-refractivity contribution in [3.63, 3.8) is 0 Å². The molecular formula is C24H19BrN2O3. The number of nitrogens with one attached hydrogen (secondary N) is 1. The zero-order valence-corrected chi connectivity index (χ0v) is 17.8. The number of amides is 1. The summed E-state index contributed by atoms with van der Waals surface area (Å²) in [7, 11) is 0. The summed E-state index contributed by atoms with van der Waals surface area (Å²) in [6.45, 7) is 2.54. The number of carbonyl (C=O) groups excluding carboxylic acids is 1. The average Bonchev–Trinajstić information content (AvgIpc) is 3.19. The van der Waals surface area contributed by atoms with E-state index < -0.39 is 5.91 Å². The molecule has 1 amide bonds. The second-order valence-corrected chi connectivity index (χ2v) is 7.67. The van der Waals surface area contributed by atoms with Crippen LogP contribution in [0.1, 0.15) is 27.2 Å². The summed E-state index contributed by atoms with van der Waals surface area (Å²) in [6, 6.07) is 23.0. The number of furan rings is 1. The van der Waals surface area contributed by atoms with Gasteiger partial charge >= 0.3 is 5.91 Å². The molecule has 5 nitrogen and oxygen atoms in total. The summed E-state index contributed by atoms with van der Waals surface area (Å²) in [6.07, 6.45) is 1.56. The summed E-state index contributed by atoms with van der Waals surface area (Å²) in [5, 5.41) is 4.89. The minimum absolute atomic E-state index is 0.217. The van der Waals surface area contributed by atoms with Crippen LogP contribution in [0.3, 0.4) is 0 Å². The van der Waals surface area contributed by atoms with E-state index >= 15 is 0 Å². The maximum Gasteiger partial charge on any atom is 0.307 e. The number of benzene rings is 3. The molecule has 0 saturated heterocycles. The second-order valence-electron chi connectivity index (χ2n) is 6.81. The van der Waals surface area contributed by atoms with Crippen LogP contribution >= 0.6 is 15.9 Å². The first-order valence-electron chi connectivity index (χ1n) is 9.38. The molecule has 0 radical (unpaired) electrons. The van der Waals surface area contributed by atoms with Gasteiger partial charge in [-0.2, -0.15) is 5.10 Å². The number of aryl methyl sites for hydroxylation is 1. The molecule has 0 aliphatic heterocycles. The summed E-state index contributed by atoms with van der Waals surface area (Å²) < 4.78 is 12.2. The Kier molecular flexibility index (Phi) is 5.95. The SMILES string of the molecule is Cc1ccc(COc2ccc(/C=N/NC(=O)c3cc4ccccc4o3)cc2Br)cc1. The molecule has 0 aliphatic rings. The van der Waals surface area contributed by atoms with Gasteiger partial charge in [-0.15, -0.1) is 0 Å². The number of rotatable bonds is 6. The van der Waals surface area contributed by atoms with Crippen molar-refractivity contribution in [1.29, 1.82) is 0 Å². The van der Waals surface area contributed by atoms with Crippen molar-refractivity contribution < 1.29 is 13.9 Å². The van der Waals surface area contributed by atoms with E-state index in [4.69, 9.17) is 9.15 Å². The Balaban J connectivity index is 1.36. The van der Waals surface area contributed by atoms with E-state index in [-0.39, 0.29) is 5.76 Å². The van der Waals surface area contributed by atoms with Crippen molar-refractivity contribution >= 4 is 39.0 Å². The van der Waals surface area contributed by atoms with Crippen molar-refractivity contribution in [2.24, 2.45) is 5.10 Å². The first-order chi connectivity index (χ1) is 14.6. The van der Waals surface area contributed by atoms with Crippen LogP contribution < -0.4 is 10.2 Å². The highest BCUT2D eigenvalue weighted by Crippen LogP contribution is 2.26. The largest absolute Gasteiger partial charge is 0.488 e. The summed E-state index contributed by atoms with van der Waals surface area (Å²) >= 11 is 3.52. The number of fused-ring (bicyclic) bond motifs is 1. The normalized spacial score (nSPS) is 11.1. The molecule has 6 heteroatoms. The van der Waals surface area contributed by atoms with Crippen LogP contribution in [0.15, 0.2) is 86.8 Å². The molecule has 0 aliphatic carbocycles. The summed E-state index contributed by atoms with van der Waals surface area (Å²) in [5.41, 5.74) is 6.28. The number of ether oxygens (including phenoxy) is 1. The van der Waals surface area contributed by atoms with Crippen LogP contribution in [-0.2, 0) is 6.61 Å². The number of carbonyl (C=O) groups is 1. The van der Waals surface area contributed by atoms with Gasteiger partial charge in [0.25, 0.3) is 0 Å². The van der Waals surface area contributed by atoms with Crippen LogP contribution in [0.5, 0.6) is 5.75 Å². The minimum Gasteiger partial charge on any atom is -0.488 e. The van der Waals surface area contributed by atoms with Crippen LogP contribution in [0.2, 0.25) is 0 Å². The first-order valence-corrected chi connectivity index (χ1v) is 10.2. The predicted octanol–water partition coefficient (Wildman–Crippen LogP) is 5.85. The molecule has 4 aromatic rings. The lowest BCUT2D eigenvalue weighted by molar-refractivity contribution is 0.0929.